The minimum atomic E-state index is -0.418. The summed E-state index contributed by atoms with van der Waals surface area (Å²) in [5.74, 6) is -0.140. The number of hydrogen-bond acceptors (Lipinski definition) is 4. The highest BCUT2D eigenvalue weighted by Crippen LogP contribution is 2.16. The number of nitrogens with one attached hydrogen (secondary N) is 2. The molecule has 1 saturated heterocycles. The fourth-order valence-corrected chi connectivity index (χ4v) is 2.84. The van der Waals surface area contributed by atoms with E-state index in [9.17, 15) is 14.0 Å². The van der Waals surface area contributed by atoms with Gasteiger partial charge >= 0.3 is 0 Å². The first kappa shape index (κ1) is 19.8. The lowest BCUT2D eigenvalue weighted by Gasteiger charge is -2.11. The van der Waals surface area contributed by atoms with Crippen molar-refractivity contribution in [2.24, 2.45) is 0 Å². The lowest BCUT2D eigenvalue weighted by atomic mass is 10.1. The Morgan fingerprint density at radius 2 is 2.00 bits per heavy atom. The second kappa shape index (κ2) is 9.85. The fraction of sp³-hybridized carbons (Fsp3) is 0.333. The molecule has 7 heteroatoms. The number of ether oxygens (including phenoxy) is 2. The molecule has 0 bridgehead atoms. The lowest BCUT2D eigenvalue weighted by molar-refractivity contribution is -0.124. The van der Waals surface area contributed by atoms with E-state index >= 15 is 0 Å². The average Bonchev–Trinajstić information content (AvgIpc) is 3.24. The van der Waals surface area contributed by atoms with Gasteiger partial charge in [-0.2, -0.15) is 0 Å². The molecule has 0 aromatic heterocycles. The molecular weight excluding hydrogens is 363 g/mol. The van der Waals surface area contributed by atoms with Crippen molar-refractivity contribution in [2.45, 2.75) is 25.4 Å². The van der Waals surface area contributed by atoms with Crippen LogP contribution in [0.3, 0.4) is 0 Å². The third-order valence-corrected chi connectivity index (χ3v) is 4.30. The predicted molar refractivity (Wildman–Crippen MR) is 103 cm³/mol. The van der Waals surface area contributed by atoms with Crippen LogP contribution in [0, 0.1) is 5.82 Å². The van der Waals surface area contributed by atoms with E-state index in [4.69, 9.17) is 9.47 Å². The summed E-state index contributed by atoms with van der Waals surface area (Å²) < 4.78 is 23.7. The van der Waals surface area contributed by atoms with E-state index in [1.165, 1.54) is 12.1 Å². The van der Waals surface area contributed by atoms with Crippen LogP contribution in [0.4, 0.5) is 10.1 Å². The number of halogens is 1. The van der Waals surface area contributed by atoms with Crippen molar-refractivity contribution in [2.75, 3.05) is 25.1 Å². The van der Waals surface area contributed by atoms with Crippen LogP contribution in [0.5, 0.6) is 5.75 Å². The van der Waals surface area contributed by atoms with Crippen molar-refractivity contribution in [3.63, 3.8) is 0 Å². The highest BCUT2D eigenvalue weighted by molar-refractivity contribution is 5.98. The van der Waals surface area contributed by atoms with Crippen LogP contribution < -0.4 is 15.4 Å². The van der Waals surface area contributed by atoms with Gasteiger partial charge in [0.05, 0.1) is 6.61 Å². The Morgan fingerprint density at radius 3 is 2.75 bits per heavy atom. The molecule has 6 nitrogen and oxygen atoms in total. The molecule has 2 amide bonds. The van der Waals surface area contributed by atoms with E-state index in [1.807, 2.05) is 0 Å². The Balaban J connectivity index is 1.41. The van der Waals surface area contributed by atoms with E-state index in [-0.39, 0.29) is 17.6 Å². The molecular formula is C21H23FN2O4. The highest BCUT2D eigenvalue weighted by atomic mass is 19.1. The number of amides is 2. The quantitative estimate of drug-likeness (QED) is 0.684. The zero-order chi connectivity index (χ0) is 19.8. The standard InChI is InChI=1S/C21H23FN2O4/c22-16-7-9-18(10-8-16)27-13-3-11-23-20(25)15-4-1-5-17(14-15)24-21(26)19-6-2-12-28-19/h1,4-5,7-10,14,19H,2-3,6,11-13H2,(H,23,25)(H,24,26). The van der Waals surface area contributed by atoms with Crippen LogP contribution >= 0.6 is 0 Å². The molecule has 28 heavy (non-hydrogen) atoms. The number of benzene rings is 2. The summed E-state index contributed by atoms with van der Waals surface area (Å²) >= 11 is 0. The monoisotopic (exact) mass is 386 g/mol. The summed E-state index contributed by atoms with van der Waals surface area (Å²) in [7, 11) is 0. The molecule has 2 N–H and O–H groups in total. The van der Waals surface area contributed by atoms with Crippen molar-refractivity contribution in [3.8, 4) is 5.75 Å². The van der Waals surface area contributed by atoms with Gasteiger partial charge < -0.3 is 20.1 Å². The van der Waals surface area contributed by atoms with Crippen molar-refractivity contribution in [3.05, 3.63) is 59.9 Å². The van der Waals surface area contributed by atoms with E-state index in [2.05, 4.69) is 10.6 Å². The molecule has 3 rings (SSSR count). The summed E-state index contributed by atoms with van der Waals surface area (Å²) in [6, 6.07) is 12.6. The Bertz CT molecular complexity index is 804. The average molecular weight is 386 g/mol. The Hall–Kier alpha value is -2.93. The van der Waals surface area contributed by atoms with Crippen molar-refractivity contribution < 1.29 is 23.5 Å². The zero-order valence-corrected chi connectivity index (χ0v) is 15.4. The number of rotatable bonds is 8. The lowest BCUT2D eigenvalue weighted by Crippen LogP contribution is -2.27. The molecule has 1 heterocycles. The van der Waals surface area contributed by atoms with Gasteiger partial charge in [-0.1, -0.05) is 6.07 Å². The summed E-state index contributed by atoms with van der Waals surface area (Å²) in [6.45, 7) is 1.45. The predicted octanol–water partition coefficient (Wildman–Crippen LogP) is 3.14. The van der Waals surface area contributed by atoms with E-state index in [0.29, 0.717) is 49.6 Å². The molecule has 0 radical (unpaired) electrons. The molecule has 148 valence electrons. The van der Waals surface area contributed by atoms with Gasteiger partial charge in [0.2, 0.25) is 0 Å². The van der Waals surface area contributed by atoms with Gasteiger partial charge in [0.25, 0.3) is 11.8 Å². The molecule has 2 aromatic rings. The maximum Gasteiger partial charge on any atom is 0.253 e. The number of carbonyl (C=O) groups is 2. The minimum Gasteiger partial charge on any atom is -0.494 e. The van der Waals surface area contributed by atoms with Crippen LogP contribution in [0.25, 0.3) is 0 Å². The normalized spacial score (nSPS) is 15.8. The van der Waals surface area contributed by atoms with Crippen LogP contribution in [0.2, 0.25) is 0 Å². The summed E-state index contributed by atoms with van der Waals surface area (Å²) in [4.78, 5) is 24.4. The molecule has 0 spiro atoms. The Morgan fingerprint density at radius 1 is 1.18 bits per heavy atom. The Kier molecular flexibility index (Phi) is 6.97. The number of carbonyl (C=O) groups excluding carboxylic acids is 2. The molecule has 1 atom stereocenters. The largest absolute Gasteiger partial charge is 0.494 e. The smallest absolute Gasteiger partial charge is 0.253 e. The topological polar surface area (TPSA) is 76.7 Å². The first-order chi connectivity index (χ1) is 13.6. The van der Waals surface area contributed by atoms with Crippen LogP contribution in [0.15, 0.2) is 48.5 Å². The Labute approximate surface area is 163 Å². The SMILES string of the molecule is O=C(NCCCOc1ccc(F)cc1)c1cccc(NC(=O)C2CCCO2)c1. The van der Waals surface area contributed by atoms with Crippen molar-refractivity contribution in [1.29, 1.82) is 0 Å². The summed E-state index contributed by atoms with van der Waals surface area (Å²) in [5.41, 5.74) is 1.03. The van der Waals surface area contributed by atoms with E-state index in [0.717, 1.165) is 6.42 Å². The van der Waals surface area contributed by atoms with Crippen LogP contribution in [-0.2, 0) is 9.53 Å². The molecule has 0 saturated carbocycles. The van der Waals surface area contributed by atoms with Gasteiger partial charge in [0, 0.05) is 24.4 Å². The minimum absolute atomic E-state index is 0.187. The number of anilines is 1. The zero-order valence-electron chi connectivity index (χ0n) is 15.4. The molecule has 2 aromatic carbocycles. The van der Waals surface area contributed by atoms with E-state index in [1.54, 1.807) is 36.4 Å². The van der Waals surface area contributed by atoms with E-state index < -0.39 is 6.10 Å². The van der Waals surface area contributed by atoms with Gasteiger partial charge in [-0.25, -0.2) is 4.39 Å². The van der Waals surface area contributed by atoms with Gasteiger partial charge in [-0.3, -0.25) is 9.59 Å². The molecule has 1 fully saturated rings. The first-order valence-corrected chi connectivity index (χ1v) is 9.31. The van der Waals surface area contributed by atoms with Gasteiger partial charge in [0.1, 0.15) is 17.7 Å². The third-order valence-electron chi connectivity index (χ3n) is 4.30. The van der Waals surface area contributed by atoms with Gasteiger partial charge in [-0.05, 0) is 61.7 Å². The summed E-state index contributed by atoms with van der Waals surface area (Å²) in [5, 5.41) is 5.60. The second-order valence-electron chi connectivity index (χ2n) is 6.48. The third kappa shape index (κ3) is 5.79. The van der Waals surface area contributed by atoms with Crippen LogP contribution in [0.1, 0.15) is 29.6 Å². The first-order valence-electron chi connectivity index (χ1n) is 9.31. The fourth-order valence-electron chi connectivity index (χ4n) is 2.84. The molecule has 1 unspecified atom stereocenters. The second-order valence-corrected chi connectivity index (χ2v) is 6.48. The van der Waals surface area contributed by atoms with Crippen LogP contribution in [-0.4, -0.2) is 37.7 Å². The highest BCUT2D eigenvalue weighted by Gasteiger charge is 2.23. The van der Waals surface area contributed by atoms with Gasteiger partial charge in [-0.15, -0.1) is 0 Å². The maximum absolute atomic E-state index is 12.8. The van der Waals surface area contributed by atoms with Crippen molar-refractivity contribution in [1.82, 2.24) is 5.32 Å². The van der Waals surface area contributed by atoms with Gasteiger partial charge in [0.15, 0.2) is 0 Å². The molecule has 0 aliphatic carbocycles. The summed E-state index contributed by atoms with van der Waals surface area (Å²) in [6.07, 6.45) is 1.79. The molecule has 1 aliphatic heterocycles. The maximum atomic E-state index is 12.8. The molecule has 1 aliphatic rings. The van der Waals surface area contributed by atoms with Crippen molar-refractivity contribution >= 4 is 17.5 Å². The number of hydrogen-bond donors (Lipinski definition) is 2.